The van der Waals surface area contributed by atoms with E-state index in [4.69, 9.17) is 4.74 Å². The van der Waals surface area contributed by atoms with E-state index in [2.05, 4.69) is 9.02 Å². The molecule has 1 aliphatic heterocycles. The smallest absolute Gasteiger partial charge is 0.480 e. The summed E-state index contributed by atoms with van der Waals surface area (Å²) in [6.07, 6.45) is 1.59. The number of methoxy groups -OCH3 is 1. The first-order valence-corrected chi connectivity index (χ1v) is 12.1. The van der Waals surface area contributed by atoms with Gasteiger partial charge in [-0.1, -0.05) is 24.3 Å². The number of benzene rings is 3. The van der Waals surface area contributed by atoms with Crippen LogP contribution >= 0.6 is 0 Å². The molecule has 14 heteroatoms. The molecule has 0 atom stereocenters. The highest BCUT2D eigenvalue weighted by atomic mass is 32.2. The number of aromatic nitrogens is 1. The number of hydrogen-bond acceptors (Lipinski definition) is 8. The lowest BCUT2D eigenvalue weighted by Gasteiger charge is -2.26. The molecule has 2 heterocycles. The number of nitrogens with zero attached hydrogens (tertiary/aromatic N) is 2. The SMILES string of the molecule is COC(=O)COc1cn(-c2ccc3c4c(cccc24)C(=O)N(OS(=O)(=O)C(F)(F)F)C3=O)c2ccccc12. The number of carbonyl (C=O) groups is 3. The Kier molecular flexibility index (Phi) is 5.87. The summed E-state index contributed by atoms with van der Waals surface area (Å²) in [5.74, 6) is -3.01. The molecule has 0 saturated heterocycles. The second kappa shape index (κ2) is 8.85. The summed E-state index contributed by atoms with van der Waals surface area (Å²) in [5.41, 5.74) is -5.23. The number of carbonyl (C=O) groups excluding carboxylic acids is 3. The monoisotopic (exact) mass is 548 g/mol. The second-order valence-corrected chi connectivity index (χ2v) is 9.51. The number of rotatable bonds is 6. The topological polar surface area (TPSA) is 121 Å². The van der Waals surface area contributed by atoms with E-state index < -0.39 is 38.5 Å². The predicted octanol–water partition coefficient (Wildman–Crippen LogP) is 3.71. The molecule has 0 fully saturated rings. The molecule has 196 valence electrons. The molecule has 0 spiro atoms. The lowest BCUT2D eigenvalue weighted by Crippen LogP contribution is -2.44. The van der Waals surface area contributed by atoms with Crippen LogP contribution in [0, 0.1) is 0 Å². The van der Waals surface area contributed by atoms with Crippen molar-refractivity contribution in [1.82, 2.24) is 9.63 Å². The number of halogens is 3. The van der Waals surface area contributed by atoms with E-state index in [9.17, 15) is 36.0 Å². The van der Waals surface area contributed by atoms with Crippen LogP contribution in [0.2, 0.25) is 0 Å². The maximum atomic E-state index is 12.9. The fraction of sp³-hybridized carbons (Fsp3) is 0.125. The molecule has 0 unspecified atom stereocenters. The average molecular weight is 548 g/mol. The van der Waals surface area contributed by atoms with E-state index in [1.54, 1.807) is 41.1 Å². The Bertz CT molecular complexity index is 1740. The molecule has 3 aromatic carbocycles. The fourth-order valence-electron chi connectivity index (χ4n) is 4.14. The van der Waals surface area contributed by atoms with Gasteiger partial charge in [-0.25, -0.2) is 4.79 Å². The standard InChI is InChI=1S/C24H15F3N2O8S/c1-35-20(30)12-36-19-11-28(17-8-3-2-5-13(17)19)18-10-9-16-21-14(18)6-4-7-15(21)22(31)29(23(16)32)37-38(33,34)24(25,26)27/h2-11H,12H2,1H3. The van der Waals surface area contributed by atoms with Crippen molar-refractivity contribution in [3.05, 3.63) is 71.9 Å². The minimum absolute atomic E-state index is 0.0964. The molecule has 0 aliphatic carbocycles. The average Bonchev–Trinajstić information content (AvgIpc) is 3.25. The number of ether oxygens (including phenoxy) is 2. The third-order valence-corrected chi connectivity index (χ3v) is 6.72. The van der Waals surface area contributed by atoms with Gasteiger partial charge in [0.1, 0.15) is 5.75 Å². The van der Waals surface area contributed by atoms with Gasteiger partial charge < -0.3 is 14.0 Å². The van der Waals surface area contributed by atoms with Crippen molar-refractivity contribution < 1.29 is 49.7 Å². The van der Waals surface area contributed by atoms with Crippen molar-refractivity contribution in [2.75, 3.05) is 13.7 Å². The predicted molar refractivity (Wildman–Crippen MR) is 125 cm³/mol. The number of hydroxylamine groups is 2. The van der Waals surface area contributed by atoms with Gasteiger partial charge >= 0.3 is 21.6 Å². The molecule has 0 saturated carbocycles. The Morgan fingerprint density at radius 1 is 0.921 bits per heavy atom. The molecule has 1 aliphatic rings. The summed E-state index contributed by atoms with van der Waals surface area (Å²) < 4.78 is 77.4. The molecule has 4 aromatic rings. The van der Waals surface area contributed by atoms with Gasteiger partial charge in [0.2, 0.25) is 0 Å². The Morgan fingerprint density at radius 3 is 2.26 bits per heavy atom. The van der Waals surface area contributed by atoms with Crippen molar-refractivity contribution in [1.29, 1.82) is 0 Å². The first-order chi connectivity index (χ1) is 17.9. The van der Waals surface area contributed by atoms with Gasteiger partial charge in [-0.2, -0.15) is 21.6 Å². The van der Waals surface area contributed by atoms with Crippen LogP contribution in [0.15, 0.2) is 60.8 Å². The maximum absolute atomic E-state index is 12.9. The number of fused-ring (bicyclic) bond motifs is 1. The van der Waals surface area contributed by atoms with Crippen LogP contribution in [-0.4, -0.2) is 55.1 Å². The number of alkyl halides is 3. The van der Waals surface area contributed by atoms with Crippen molar-refractivity contribution in [3.63, 3.8) is 0 Å². The molecular weight excluding hydrogens is 533 g/mol. The van der Waals surface area contributed by atoms with Gasteiger partial charge in [0, 0.05) is 16.2 Å². The van der Waals surface area contributed by atoms with Crippen molar-refractivity contribution in [2.45, 2.75) is 5.51 Å². The lowest BCUT2D eigenvalue weighted by atomic mass is 9.94. The molecule has 38 heavy (non-hydrogen) atoms. The minimum atomic E-state index is -6.29. The van der Waals surface area contributed by atoms with Crippen LogP contribution in [-0.2, 0) is 23.9 Å². The molecule has 0 radical (unpaired) electrons. The van der Waals surface area contributed by atoms with E-state index in [-0.39, 0.29) is 23.1 Å². The molecule has 0 N–H and O–H groups in total. The number of hydrogen-bond donors (Lipinski definition) is 0. The Labute approximate surface area is 211 Å². The number of amides is 2. The van der Waals surface area contributed by atoms with Gasteiger partial charge in [-0.05, 0) is 30.3 Å². The maximum Gasteiger partial charge on any atom is 0.525 e. The van der Waals surface area contributed by atoms with Crippen LogP contribution < -0.4 is 4.74 Å². The van der Waals surface area contributed by atoms with Crippen molar-refractivity contribution in [3.8, 4) is 11.4 Å². The minimum Gasteiger partial charge on any atom is -0.480 e. The van der Waals surface area contributed by atoms with Gasteiger partial charge in [0.25, 0.3) is 11.8 Å². The Hall–Kier alpha value is -4.43. The number of esters is 1. The second-order valence-electron chi connectivity index (χ2n) is 7.98. The van der Waals surface area contributed by atoms with E-state index in [1.165, 1.54) is 31.4 Å². The fourth-order valence-corrected chi connectivity index (χ4v) is 4.55. The first kappa shape index (κ1) is 25.2. The zero-order valence-corrected chi connectivity index (χ0v) is 20.0. The van der Waals surface area contributed by atoms with E-state index in [0.29, 0.717) is 27.7 Å². The van der Waals surface area contributed by atoms with Crippen LogP contribution in [0.4, 0.5) is 13.2 Å². The third-order valence-electron chi connectivity index (χ3n) is 5.81. The third kappa shape index (κ3) is 3.94. The van der Waals surface area contributed by atoms with Gasteiger partial charge in [-0.15, -0.1) is 9.35 Å². The summed E-state index contributed by atoms with van der Waals surface area (Å²) in [6, 6.07) is 14.0. The summed E-state index contributed by atoms with van der Waals surface area (Å²) in [7, 11) is -5.07. The highest BCUT2D eigenvalue weighted by Gasteiger charge is 2.51. The van der Waals surface area contributed by atoms with E-state index >= 15 is 0 Å². The number of para-hydroxylation sites is 1. The van der Waals surface area contributed by atoms with Crippen LogP contribution in [0.25, 0.3) is 27.4 Å². The molecule has 1 aromatic heterocycles. The molecule has 10 nitrogen and oxygen atoms in total. The first-order valence-electron chi connectivity index (χ1n) is 10.7. The molecule has 5 rings (SSSR count). The highest BCUT2D eigenvalue weighted by Crippen LogP contribution is 2.38. The van der Waals surface area contributed by atoms with Crippen molar-refractivity contribution in [2.24, 2.45) is 0 Å². The molecular formula is C24H15F3N2O8S. The van der Waals surface area contributed by atoms with Crippen LogP contribution in [0.1, 0.15) is 20.7 Å². The lowest BCUT2D eigenvalue weighted by molar-refractivity contribution is -0.142. The van der Waals surface area contributed by atoms with Crippen LogP contribution in [0.3, 0.4) is 0 Å². The Morgan fingerprint density at radius 2 is 1.58 bits per heavy atom. The van der Waals surface area contributed by atoms with E-state index in [1.807, 2.05) is 0 Å². The van der Waals surface area contributed by atoms with Gasteiger partial charge in [0.15, 0.2) is 6.61 Å². The zero-order valence-electron chi connectivity index (χ0n) is 19.2. The van der Waals surface area contributed by atoms with Crippen molar-refractivity contribution >= 4 is 49.6 Å². The summed E-state index contributed by atoms with van der Waals surface area (Å²) in [5, 5.41) is 0.684. The highest BCUT2D eigenvalue weighted by molar-refractivity contribution is 7.87. The number of imide groups is 1. The summed E-state index contributed by atoms with van der Waals surface area (Å²) >= 11 is 0. The van der Waals surface area contributed by atoms with E-state index in [0.717, 1.165) is 0 Å². The zero-order chi connectivity index (χ0) is 27.4. The summed E-state index contributed by atoms with van der Waals surface area (Å²) in [4.78, 5) is 37.5. The summed E-state index contributed by atoms with van der Waals surface area (Å²) in [6.45, 7) is -0.353. The molecule has 2 amide bonds. The normalized spacial score (nSPS) is 13.8. The van der Waals surface area contributed by atoms with Crippen LogP contribution in [0.5, 0.6) is 5.75 Å². The Balaban J connectivity index is 1.65. The quantitative estimate of drug-likeness (QED) is 0.203. The largest absolute Gasteiger partial charge is 0.525 e. The van der Waals surface area contributed by atoms with Gasteiger partial charge in [0.05, 0.1) is 35.6 Å². The van der Waals surface area contributed by atoms with Gasteiger partial charge in [-0.3, -0.25) is 9.59 Å². The molecule has 0 bridgehead atoms.